The van der Waals surface area contributed by atoms with E-state index in [9.17, 15) is 4.79 Å². The lowest BCUT2D eigenvalue weighted by Gasteiger charge is -2.01. The van der Waals surface area contributed by atoms with E-state index in [1.165, 1.54) is 11.3 Å². The first-order chi connectivity index (χ1) is 6.99. The van der Waals surface area contributed by atoms with Crippen molar-refractivity contribution < 1.29 is 9.53 Å². The van der Waals surface area contributed by atoms with Gasteiger partial charge in [-0.1, -0.05) is 13.8 Å². The summed E-state index contributed by atoms with van der Waals surface area (Å²) in [4.78, 5) is 12.9. The molecule has 0 radical (unpaired) electrons. The van der Waals surface area contributed by atoms with Gasteiger partial charge in [-0.2, -0.15) is 0 Å². The number of hydrogen-bond acceptors (Lipinski definition) is 5. The van der Waals surface area contributed by atoms with Crippen LogP contribution in [0.3, 0.4) is 0 Å². The number of anilines is 2. The van der Waals surface area contributed by atoms with Crippen LogP contribution in [0.25, 0.3) is 0 Å². The van der Waals surface area contributed by atoms with E-state index in [1.807, 2.05) is 13.8 Å². The van der Waals surface area contributed by atoms with Crippen LogP contribution < -0.4 is 11.5 Å². The molecule has 1 heterocycles. The topological polar surface area (TPSA) is 78.3 Å². The highest BCUT2D eigenvalue weighted by Crippen LogP contribution is 2.38. The lowest BCUT2D eigenvalue weighted by molar-refractivity contribution is 0.0533. The van der Waals surface area contributed by atoms with Gasteiger partial charge in [0, 0.05) is 4.88 Å². The minimum atomic E-state index is -0.390. The molecule has 4 nitrogen and oxygen atoms in total. The third-order valence-electron chi connectivity index (χ3n) is 2.00. The zero-order valence-corrected chi connectivity index (χ0v) is 9.98. The monoisotopic (exact) mass is 228 g/mol. The summed E-state index contributed by atoms with van der Waals surface area (Å²) >= 11 is 1.32. The van der Waals surface area contributed by atoms with Crippen LogP contribution in [-0.2, 0) is 4.74 Å². The van der Waals surface area contributed by atoms with Gasteiger partial charge in [0.15, 0.2) is 0 Å². The van der Waals surface area contributed by atoms with Crippen molar-refractivity contribution in [2.45, 2.75) is 26.7 Å². The highest BCUT2D eigenvalue weighted by atomic mass is 32.1. The van der Waals surface area contributed by atoms with Crippen LogP contribution in [0.2, 0.25) is 0 Å². The Balaban J connectivity index is 3.10. The first-order valence-electron chi connectivity index (χ1n) is 4.83. The average molecular weight is 228 g/mol. The largest absolute Gasteiger partial charge is 0.462 e. The molecule has 84 valence electrons. The van der Waals surface area contributed by atoms with Gasteiger partial charge in [-0.15, -0.1) is 11.3 Å². The van der Waals surface area contributed by atoms with Crippen molar-refractivity contribution >= 4 is 28.7 Å². The summed E-state index contributed by atoms with van der Waals surface area (Å²) in [6, 6.07) is 0. The second-order valence-electron chi connectivity index (χ2n) is 3.50. The molecule has 0 aromatic carbocycles. The van der Waals surface area contributed by atoms with Crippen LogP contribution in [0.5, 0.6) is 0 Å². The van der Waals surface area contributed by atoms with Crippen molar-refractivity contribution in [3.8, 4) is 0 Å². The Kier molecular flexibility index (Phi) is 3.57. The van der Waals surface area contributed by atoms with E-state index in [1.54, 1.807) is 6.92 Å². The van der Waals surface area contributed by atoms with Gasteiger partial charge >= 0.3 is 5.97 Å². The number of esters is 1. The molecule has 1 aromatic heterocycles. The summed E-state index contributed by atoms with van der Waals surface area (Å²) in [6.07, 6.45) is 0. The fourth-order valence-electron chi connectivity index (χ4n) is 1.25. The highest BCUT2D eigenvalue weighted by molar-refractivity contribution is 7.15. The van der Waals surface area contributed by atoms with Crippen molar-refractivity contribution in [1.29, 1.82) is 0 Å². The number of nitrogens with two attached hydrogens (primary N) is 2. The molecule has 15 heavy (non-hydrogen) atoms. The number of hydrogen-bond donors (Lipinski definition) is 2. The molecule has 0 fully saturated rings. The Morgan fingerprint density at radius 1 is 1.40 bits per heavy atom. The molecule has 0 aliphatic heterocycles. The molecule has 0 amide bonds. The molecule has 0 atom stereocenters. The Hall–Kier alpha value is -1.23. The summed E-state index contributed by atoms with van der Waals surface area (Å²) in [5.41, 5.74) is 12.4. The minimum absolute atomic E-state index is 0.264. The number of ether oxygens (including phenoxy) is 1. The van der Waals surface area contributed by atoms with Gasteiger partial charge in [-0.25, -0.2) is 4.79 Å². The highest BCUT2D eigenvalue weighted by Gasteiger charge is 2.21. The summed E-state index contributed by atoms with van der Waals surface area (Å²) in [6.45, 7) is 6.12. The number of rotatable bonds is 3. The molecular formula is C10H16N2O2S. The van der Waals surface area contributed by atoms with Gasteiger partial charge in [-0.3, -0.25) is 0 Å². The van der Waals surface area contributed by atoms with Crippen molar-refractivity contribution in [2.24, 2.45) is 0 Å². The number of nitrogen functional groups attached to an aromatic ring is 2. The number of carbonyl (C=O) groups excluding carboxylic acids is 1. The lowest BCUT2D eigenvalue weighted by atomic mass is 10.1. The lowest BCUT2D eigenvalue weighted by Crippen LogP contribution is -2.05. The molecule has 0 aliphatic rings. The van der Waals surface area contributed by atoms with Crippen LogP contribution >= 0.6 is 11.3 Å². The Morgan fingerprint density at radius 2 is 2.00 bits per heavy atom. The van der Waals surface area contributed by atoms with E-state index in [0.717, 1.165) is 4.88 Å². The van der Waals surface area contributed by atoms with Gasteiger partial charge in [0.2, 0.25) is 0 Å². The molecule has 0 saturated heterocycles. The first-order valence-corrected chi connectivity index (χ1v) is 5.65. The van der Waals surface area contributed by atoms with E-state index < -0.39 is 5.97 Å². The van der Waals surface area contributed by atoms with Crippen molar-refractivity contribution in [3.05, 3.63) is 9.75 Å². The summed E-state index contributed by atoms with van der Waals surface area (Å²) < 4.78 is 4.89. The average Bonchev–Trinajstić information content (AvgIpc) is 2.45. The van der Waals surface area contributed by atoms with Crippen molar-refractivity contribution in [1.82, 2.24) is 0 Å². The smallest absolute Gasteiger partial charge is 0.350 e. The summed E-state index contributed by atoms with van der Waals surface area (Å²) in [7, 11) is 0. The molecule has 1 rings (SSSR count). The summed E-state index contributed by atoms with van der Waals surface area (Å²) in [5.74, 6) is -0.126. The number of carbonyl (C=O) groups is 1. The molecule has 0 bridgehead atoms. The Morgan fingerprint density at radius 3 is 2.40 bits per heavy atom. The van der Waals surface area contributed by atoms with Gasteiger partial charge in [-0.05, 0) is 12.8 Å². The second-order valence-corrected chi connectivity index (χ2v) is 4.55. The standard InChI is InChI=1S/C10H16N2O2S/c1-4-14-10(13)9-7(12)6(11)8(15-9)5(2)3/h5H,4,11-12H2,1-3H3. The van der Waals surface area contributed by atoms with Crippen LogP contribution in [0.1, 0.15) is 41.2 Å². The molecule has 5 heteroatoms. The van der Waals surface area contributed by atoms with E-state index in [0.29, 0.717) is 22.9 Å². The van der Waals surface area contributed by atoms with E-state index in [2.05, 4.69) is 0 Å². The zero-order chi connectivity index (χ0) is 11.6. The SMILES string of the molecule is CCOC(=O)c1sc(C(C)C)c(N)c1N. The van der Waals surface area contributed by atoms with Crippen molar-refractivity contribution in [3.63, 3.8) is 0 Å². The number of thiophene rings is 1. The van der Waals surface area contributed by atoms with Gasteiger partial charge in [0.05, 0.1) is 18.0 Å². The normalized spacial score (nSPS) is 10.7. The van der Waals surface area contributed by atoms with Crippen LogP contribution in [0.15, 0.2) is 0 Å². The molecular weight excluding hydrogens is 212 g/mol. The zero-order valence-electron chi connectivity index (χ0n) is 9.16. The van der Waals surface area contributed by atoms with Gasteiger partial charge < -0.3 is 16.2 Å². The molecule has 0 spiro atoms. The van der Waals surface area contributed by atoms with Crippen LogP contribution in [0, 0.1) is 0 Å². The third-order valence-corrected chi connectivity index (χ3v) is 3.50. The predicted octanol–water partition coefficient (Wildman–Crippen LogP) is 2.21. The summed E-state index contributed by atoms with van der Waals surface area (Å²) in [5, 5.41) is 0. The molecule has 0 aliphatic carbocycles. The van der Waals surface area contributed by atoms with E-state index >= 15 is 0 Å². The Labute approximate surface area is 93.2 Å². The molecule has 0 saturated carbocycles. The first kappa shape index (κ1) is 11.8. The maximum Gasteiger partial charge on any atom is 0.350 e. The Bertz CT molecular complexity index is 372. The van der Waals surface area contributed by atoms with E-state index in [4.69, 9.17) is 16.2 Å². The molecule has 1 aromatic rings. The quantitative estimate of drug-likeness (QED) is 0.777. The second kappa shape index (κ2) is 4.53. The predicted molar refractivity (Wildman–Crippen MR) is 63.2 cm³/mol. The van der Waals surface area contributed by atoms with Crippen LogP contribution in [-0.4, -0.2) is 12.6 Å². The third kappa shape index (κ3) is 2.23. The molecule has 0 unspecified atom stereocenters. The fourth-order valence-corrected chi connectivity index (χ4v) is 2.29. The van der Waals surface area contributed by atoms with Crippen LogP contribution in [0.4, 0.5) is 11.4 Å². The maximum absolute atomic E-state index is 11.5. The van der Waals surface area contributed by atoms with Gasteiger partial charge in [0.1, 0.15) is 4.88 Å². The van der Waals surface area contributed by atoms with Gasteiger partial charge in [0.25, 0.3) is 0 Å². The fraction of sp³-hybridized carbons (Fsp3) is 0.500. The van der Waals surface area contributed by atoms with E-state index in [-0.39, 0.29) is 5.92 Å². The minimum Gasteiger partial charge on any atom is -0.462 e. The molecule has 4 N–H and O–H groups in total. The van der Waals surface area contributed by atoms with Crippen molar-refractivity contribution in [2.75, 3.05) is 18.1 Å². The maximum atomic E-state index is 11.5.